The van der Waals surface area contributed by atoms with Crippen LogP contribution in [0.4, 0.5) is 0 Å². The third-order valence-corrected chi connectivity index (χ3v) is 1.87. The maximum Gasteiger partial charge on any atom is 0.0871 e. The van der Waals surface area contributed by atoms with Crippen LogP contribution in [0.2, 0.25) is 0 Å². The lowest BCUT2D eigenvalue weighted by Crippen LogP contribution is -3.00. The van der Waals surface area contributed by atoms with E-state index in [0.29, 0.717) is 0 Å². The largest absolute Gasteiger partial charge is 1.00 e. The van der Waals surface area contributed by atoms with Crippen molar-refractivity contribution in [3.8, 4) is 0 Å². The zero-order valence-electron chi connectivity index (χ0n) is 7.39. The van der Waals surface area contributed by atoms with E-state index < -0.39 is 0 Å². The Morgan fingerprint density at radius 1 is 1.27 bits per heavy atom. The van der Waals surface area contributed by atoms with Crippen molar-refractivity contribution >= 4 is 12.6 Å². The summed E-state index contributed by atoms with van der Waals surface area (Å²) in [6.45, 7) is 3.09. The molecule has 11 heavy (non-hydrogen) atoms. The number of thiol groups is 1. The van der Waals surface area contributed by atoms with E-state index in [-0.39, 0.29) is 17.0 Å². The highest BCUT2D eigenvalue weighted by molar-refractivity contribution is 7.80. The number of hydrogen-bond acceptors (Lipinski definition) is 2. The van der Waals surface area contributed by atoms with Gasteiger partial charge in [-0.1, -0.05) is 0 Å². The van der Waals surface area contributed by atoms with E-state index >= 15 is 0 Å². The van der Waals surface area contributed by atoms with Crippen molar-refractivity contribution in [2.24, 2.45) is 5.73 Å². The molecular formula is C7H19BrN2S. The Labute approximate surface area is 85.9 Å². The third-order valence-electron chi connectivity index (χ3n) is 1.67. The van der Waals surface area contributed by atoms with Gasteiger partial charge in [0.2, 0.25) is 0 Å². The third kappa shape index (κ3) is 8.66. The van der Waals surface area contributed by atoms with Crippen LogP contribution in [0.25, 0.3) is 0 Å². The van der Waals surface area contributed by atoms with Gasteiger partial charge in [0.1, 0.15) is 0 Å². The molecule has 70 valence electrons. The van der Waals surface area contributed by atoms with Gasteiger partial charge in [-0.3, -0.25) is 0 Å². The van der Waals surface area contributed by atoms with Crippen molar-refractivity contribution in [2.75, 3.05) is 39.5 Å². The quantitative estimate of drug-likeness (QED) is 0.400. The van der Waals surface area contributed by atoms with Crippen LogP contribution < -0.4 is 22.7 Å². The van der Waals surface area contributed by atoms with Crippen LogP contribution in [0.15, 0.2) is 0 Å². The Morgan fingerprint density at radius 3 is 2.18 bits per heavy atom. The van der Waals surface area contributed by atoms with Crippen molar-refractivity contribution in [1.29, 1.82) is 0 Å². The van der Waals surface area contributed by atoms with E-state index in [0.717, 1.165) is 36.3 Å². The fraction of sp³-hybridized carbons (Fsp3) is 1.00. The maximum absolute atomic E-state index is 5.40. The molecule has 0 aliphatic heterocycles. The fourth-order valence-corrected chi connectivity index (χ4v) is 1.44. The number of nitrogens with zero attached hydrogens (tertiary/aromatic N) is 1. The van der Waals surface area contributed by atoms with Crippen molar-refractivity contribution in [3.63, 3.8) is 0 Å². The Balaban J connectivity index is 0. The molecule has 0 saturated heterocycles. The standard InChI is InChI=1S/C7H18N2S.BrH/c1-9(2,6-7-10)5-3-4-8;/h3-8H2,1-2H3;1H. The zero-order chi connectivity index (χ0) is 8.04. The number of hydrogen-bond donors (Lipinski definition) is 2. The van der Waals surface area contributed by atoms with E-state index in [1.54, 1.807) is 0 Å². The van der Waals surface area contributed by atoms with Crippen LogP contribution in [-0.2, 0) is 0 Å². The van der Waals surface area contributed by atoms with Crippen LogP contribution in [0.1, 0.15) is 6.42 Å². The summed E-state index contributed by atoms with van der Waals surface area (Å²) in [4.78, 5) is 0. The van der Waals surface area contributed by atoms with Crippen LogP contribution in [0.5, 0.6) is 0 Å². The number of quaternary nitrogens is 1. The van der Waals surface area contributed by atoms with Crippen LogP contribution in [-0.4, -0.2) is 44.0 Å². The van der Waals surface area contributed by atoms with Gasteiger partial charge in [0.15, 0.2) is 0 Å². The second kappa shape index (κ2) is 7.40. The molecule has 0 saturated carbocycles. The second-order valence-corrected chi connectivity index (χ2v) is 3.70. The normalized spacial score (nSPS) is 10.9. The van der Waals surface area contributed by atoms with Crippen molar-refractivity contribution in [2.45, 2.75) is 6.42 Å². The molecule has 0 aromatic heterocycles. The minimum Gasteiger partial charge on any atom is -1.00 e. The first-order valence-corrected chi connectivity index (χ1v) is 4.38. The molecule has 0 amide bonds. The molecule has 2 N–H and O–H groups in total. The summed E-state index contributed by atoms with van der Waals surface area (Å²) >= 11 is 4.19. The molecule has 0 fully saturated rings. The molecule has 0 unspecified atom stereocenters. The smallest absolute Gasteiger partial charge is 0.0871 e. The summed E-state index contributed by atoms with van der Waals surface area (Å²) in [5, 5.41) is 0. The van der Waals surface area contributed by atoms with Gasteiger partial charge in [0.05, 0.1) is 27.2 Å². The monoisotopic (exact) mass is 242 g/mol. The molecule has 0 rings (SSSR count). The van der Waals surface area contributed by atoms with E-state index in [4.69, 9.17) is 5.73 Å². The van der Waals surface area contributed by atoms with Crippen LogP contribution >= 0.6 is 12.6 Å². The Kier molecular flexibility index (Phi) is 9.61. The van der Waals surface area contributed by atoms with Gasteiger partial charge in [-0.15, -0.1) is 0 Å². The van der Waals surface area contributed by atoms with Crippen molar-refractivity contribution in [3.05, 3.63) is 0 Å². The summed E-state index contributed by atoms with van der Waals surface area (Å²) < 4.78 is 1.04. The lowest BCUT2D eigenvalue weighted by molar-refractivity contribution is -0.887. The molecule has 0 aliphatic rings. The molecule has 0 radical (unpaired) electrons. The zero-order valence-corrected chi connectivity index (χ0v) is 9.87. The molecule has 0 aliphatic carbocycles. The summed E-state index contributed by atoms with van der Waals surface area (Å²) in [6, 6.07) is 0. The van der Waals surface area contributed by atoms with Crippen LogP contribution in [0, 0.1) is 0 Å². The molecule has 0 bridgehead atoms. The molecule has 0 aromatic carbocycles. The molecule has 0 spiro atoms. The lowest BCUT2D eigenvalue weighted by atomic mass is 10.3. The Bertz CT molecular complexity index is 88.5. The lowest BCUT2D eigenvalue weighted by Gasteiger charge is -2.28. The topological polar surface area (TPSA) is 26.0 Å². The number of rotatable bonds is 5. The van der Waals surface area contributed by atoms with E-state index in [1.165, 1.54) is 0 Å². The Hall–Kier alpha value is 0.750. The van der Waals surface area contributed by atoms with Gasteiger partial charge < -0.3 is 27.2 Å². The van der Waals surface area contributed by atoms with Gasteiger partial charge in [-0.05, 0) is 6.54 Å². The Morgan fingerprint density at radius 2 is 1.82 bits per heavy atom. The van der Waals surface area contributed by atoms with Gasteiger partial charge >= 0.3 is 0 Å². The first-order chi connectivity index (χ1) is 4.62. The fourth-order valence-electron chi connectivity index (χ4n) is 0.902. The van der Waals surface area contributed by atoms with Gasteiger partial charge in [-0.25, -0.2) is 0 Å². The van der Waals surface area contributed by atoms with E-state index in [2.05, 4.69) is 26.7 Å². The second-order valence-electron chi connectivity index (χ2n) is 3.25. The summed E-state index contributed by atoms with van der Waals surface area (Å²) in [6.07, 6.45) is 1.11. The molecule has 4 heteroatoms. The van der Waals surface area contributed by atoms with Crippen LogP contribution in [0.3, 0.4) is 0 Å². The van der Waals surface area contributed by atoms with Gasteiger partial charge in [-0.2, -0.15) is 12.6 Å². The SMILES string of the molecule is C[N+](C)(CCS)CCCN.[Br-]. The summed E-state index contributed by atoms with van der Waals surface area (Å²) in [7, 11) is 4.43. The number of nitrogens with two attached hydrogens (primary N) is 1. The summed E-state index contributed by atoms with van der Waals surface area (Å²) in [5.41, 5.74) is 5.40. The van der Waals surface area contributed by atoms with Gasteiger partial charge in [0, 0.05) is 12.2 Å². The minimum absolute atomic E-state index is 0. The predicted molar refractivity (Wildman–Crippen MR) is 49.4 cm³/mol. The molecule has 0 aromatic rings. The molecule has 0 atom stereocenters. The highest BCUT2D eigenvalue weighted by atomic mass is 79.9. The molecule has 0 heterocycles. The predicted octanol–water partition coefficient (Wildman–Crippen LogP) is -2.65. The molecule has 2 nitrogen and oxygen atoms in total. The highest BCUT2D eigenvalue weighted by Gasteiger charge is 2.11. The van der Waals surface area contributed by atoms with E-state index in [1.807, 2.05) is 0 Å². The summed E-state index contributed by atoms with van der Waals surface area (Å²) in [5.74, 6) is 0.956. The van der Waals surface area contributed by atoms with Crippen molar-refractivity contribution in [1.82, 2.24) is 0 Å². The average Bonchev–Trinajstić information content (AvgIpc) is 1.84. The van der Waals surface area contributed by atoms with Crippen molar-refractivity contribution < 1.29 is 21.5 Å². The first-order valence-electron chi connectivity index (χ1n) is 3.75. The molecular weight excluding hydrogens is 224 g/mol. The van der Waals surface area contributed by atoms with E-state index in [9.17, 15) is 0 Å². The number of halogens is 1. The maximum atomic E-state index is 5.40. The average molecular weight is 243 g/mol. The first kappa shape index (κ1) is 14.3. The van der Waals surface area contributed by atoms with Gasteiger partial charge in [0.25, 0.3) is 0 Å². The highest BCUT2D eigenvalue weighted by Crippen LogP contribution is 1.98. The minimum atomic E-state index is 0.